The summed E-state index contributed by atoms with van der Waals surface area (Å²) in [6.45, 7) is 1.57. The zero-order valence-electron chi connectivity index (χ0n) is 15.6. The van der Waals surface area contributed by atoms with E-state index in [0.29, 0.717) is 6.42 Å². The zero-order chi connectivity index (χ0) is 19.4. The molecule has 0 spiro atoms. The van der Waals surface area contributed by atoms with Gasteiger partial charge in [0.15, 0.2) is 6.61 Å². The molecule has 0 aliphatic carbocycles. The number of hydrogen-bond acceptors (Lipinski definition) is 5. The maximum Gasteiger partial charge on any atom is 0.317 e. The lowest BCUT2D eigenvalue weighted by Crippen LogP contribution is -2.39. The molecule has 0 N–H and O–H groups in total. The first-order chi connectivity index (χ1) is 12.9. The van der Waals surface area contributed by atoms with Crippen molar-refractivity contribution < 1.29 is 14.3 Å². The van der Waals surface area contributed by atoms with E-state index in [2.05, 4.69) is 4.98 Å². The highest BCUT2D eigenvalue weighted by molar-refractivity contribution is 7.18. The second kappa shape index (κ2) is 7.88. The highest BCUT2D eigenvalue weighted by atomic mass is 32.1. The number of fused-ring (bicyclic) bond motifs is 1. The molecule has 1 amide bonds. The number of carbonyl (C=O) groups excluding carboxylic acids is 2. The van der Waals surface area contributed by atoms with E-state index in [1.54, 1.807) is 25.4 Å². The van der Waals surface area contributed by atoms with Gasteiger partial charge in [-0.25, -0.2) is 4.98 Å². The van der Waals surface area contributed by atoms with E-state index in [9.17, 15) is 9.59 Å². The number of thiazole rings is 1. The summed E-state index contributed by atoms with van der Waals surface area (Å²) >= 11 is 1.57. The number of benzene rings is 2. The molecule has 3 aromatic rings. The van der Waals surface area contributed by atoms with Crippen LogP contribution in [0.1, 0.15) is 17.5 Å². The first-order valence-electron chi connectivity index (χ1n) is 8.67. The van der Waals surface area contributed by atoms with E-state index in [4.69, 9.17) is 4.74 Å². The summed E-state index contributed by atoms with van der Waals surface area (Å²) in [5.74, 6) is -0.679. The highest BCUT2D eigenvalue weighted by Gasteiger charge is 2.38. The lowest BCUT2D eigenvalue weighted by molar-refractivity contribution is -0.156. The van der Waals surface area contributed by atoms with E-state index in [1.165, 1.54) is 4.90 Å². The largest absolute Gasteiger partial charge is 0.455 e. The number of aromatic nitrogens is 1. The average Bonchev–Trinajstić information content (AvgIpc) is 3.08. The monoisotopic (exact) mass is 382 g/mol. The van der Waals surface area contributed by atoms with Crippen LogP contribution in [0.5, 0.6) is 0 Å². The number of esters is 1. The summed E-state index contributed by atoms with van der Waals surface area (Å²) in [4.78, 5) is 30.9. The minimum atomic E-state index is -0.929. The number of nitrogens with zero attached hydrogens (tertiary/aromatic N) is 2. The second-order valence-electron chi connectivity index (χ2n) is 6.81. The number of ether oxygens (including phenoxy) is 1. The topological polar surface area (TPSA) is 59.5 Å². The lowest BCUT2D eigenvalue weighted by Gasteiger charge is -2.27. The number of para-hydroxylation sites is 1. The van der Waals surface area contributed by atoms with Crippen molar-refractivity contribution in [3.8, 4) is 0 Å². The molecule has 0 fully saturated rings. The number of rotatable bonds is 6. The second-order valence-corrected chi connectivity index (χ2v) is 7.93. The van der Waals surface area contributed by atoms with Crippen LogP contribution in [0, 0.1) is 0 Å². The van der Waals surface area contributed by atoms with Crippen LogP contribution in [0.25, 0.3) is 10.2 Å². The van der Waals surface area contributed by atoms with Gasteiger partial charge in [0.2, 0.25) is 0 Å². The summed E-state index contributed by atoms with van der Waals surface area (Å²) in [5.41, 5.74) is 0.831. The fraction of sp³-hybridized carbons (Fsp3) is 0.286. The maximum absolute atomic E-state index is 13.0. The van der Waals surface area contributed by atoms with Crippen molar-refractivity contribution in [3.63, 3.8) is 0 Å². The molecule has 27 heavy (non-hydrogen) atoms. The van der Waals surface area contributed by atoms with Gasteiger partial charge in [0.25, 0.3) is 5.91 Å². The quantitative estimate of drug-likeness (QED) is 0.613. The predicted octanol–water partition coefficient (Wildman–Crippen LogP) is 3.43. The number of carbonyl (C=O) groups is 2. The molecule has 2 aromatic carbocycles. The van der Waals surface area contributed by atoms with E-state index in [1.807, 2.05) is 61.5 Å². The molecule has 0 unspecified atom stereocenters. The Morgan fingerprint density at radius 3 is 2.41 bits per heavy atom. The maximum atomic E-state index is 13.0. The van der Waals surface area contributed by atoms with Crippen LogP contribution in [0.2, 0.25) is 0 Å². The van der Waals surface area contributed by atoms with Crippen LogP contribution < -0.4 is 0 Å². The van der Waals surface area contributed by atoms with Crippen molar-refractivity contribution in [3.05, 3.63) is 65.2 Å². The van der Waals surface area contributed by atoms with E-state index in [0.717, 1.165) is 20.8 Å². The number of hydrogen-bond donors (Lipinski definition) is 0. The van der Waals surface area contributed by atoms with Crippen LogP contribution in [-0.4, -0.2) is 42.5 Å². The van der Waals surface area contributed by atoms with Crippen molar-refractivity contribution in [1.82, 2.24) is 9.88 Å². The standard InChI is InChI=1S/C21H22N2O3S/c1-21(15-9-5-4-6-10-15,20(25)26-14-19(24)23(2)3)13-18-22-16-11-7-8-12-17(16)27-18/h4-12H,13-14H2,1-3H3/t21-/m1/s1. The average molecular weight is 382 g/mol. The molecular formula is C21H22N2O3S. The van der Waals surface area contributed by atoms with Gasteiger partial charge >= 0.3 is 5.97 Å². The summed E-state index contributed by atoms with van der Waals surface area (Å²) in [5, 5.41) is 0.860. The summed E-state index contributed by atoms with van der Waals surface area (Å²) < 4.78 is 6.46. The molecule has 0 saturated carbocycles. The lowest BCUT2D eigenvalue weighted by atomic mass is 9.79. The van der Waals surface area contributed by atoms with Crippen LogP contribution in [0.15, 0.2) is 54.6 Å². The third-order valence-corrected chi connectivity index (χ3v) is 5.57. The Morgan fingerprint density at radius 1 is 1.07 bits per heavy atom. The third kappa shape index (κ3) is 4.17. The molecule has 0 bridgehead atoms. The normalized spacial score (nSPS) is 13.1. The van der Waals surface area contributed by atoms with Crippen molar-refractivity contribution in [2.45, 2.75) is 18.8 Å². The molecule has 0 saturated heterocycles. The van der Waals surface area contributed by atoms with Crippen molar-refractivity contribution >= 4 is 33.4 Å². The molecule has 1 atom stereocenters. The molecular weight excluding hydrogens is 360 g/mol. The Bertz CT molecular complexity index is 919. The summed E-state index contributed by atoms with van der Waals surface area (Å²) in [6, 6.07) is 17.4. The predicted molar refractivity (Wildman–Crippen MR) is 107 cm³/mol. The Morgan fingerprint density at radius 2 is 1.74 bits per heavy atom. The number of likely N-dealkylation sites (N-methyl/N-ethyl adjacent to an activating group) is 1. The molecule has 0 aliphatic heterocycles. The van der Waals surface area contributed by atoms with Gasteiger partial charge in [-0.2, -0.15) is 0 Å². The minimum Gasteiger partial charge on any atom is -0.455 e. The van der Waals surface area contributed by atoms with Gasteiger partial charge in [0.05, 0.1) is 20.6 Å². The van der Waals surface area contributed by atoms with Gasteiger partial charge in [-0.1, -0.05) is 42.5 Å². The van der Waals surface area contributed by atoms with Gasteiger partial charge in [-0.3, -0.25) is 9.59 Å². The van der Waals surface area contributed by atoms with Gasteiger partial charge in [-0.15, -0.1) is 11.3 Å². The van der Waals surface area contributed by atoms with Gasteiger partial charge < -0.3 is 9.64 Å². The van der Waals surface area contributed by atoms with Gasteiger partial charge in [-0.05, 0) is 24.6 Å². The SMILES string of the molecule is CN(C)C(=O)COC(=O)[C@](C)(Cc1nc2ccccc2s1)c1ccccc1. The third-order valence-electron chi connectivity index (χ3n) is 4.53. The number of amides is 1. The molecule has 5 nitrogen and oxygen atoms in total. The van der Waals surface area contributed by atoms with Crippen molar-refractivity contribution in [1.29, 1.82) is 0 Å². The molecule has 3 rings (SSSR count). The highest BCUT2D eigenvalue weighted by Crippen LogP contribution is 2.33. The Labute approximate surface area is 162 Å². The Hall–Kier alpha value is -2.73. The molecule has 0 radical (unpaired) electrons. The van der Waals surface area contributed by atoms with Crippen LogP contribution in [0.3, 0.4) is 0 Å². The molecule has 1 aromatic heterocycles. The molecule has 140 valence electrons. The summed E-state index contributed by atoms with van der Waals surface area (Å²) in [6.07, 6.45) is 0.408. The first kappa shape index (κ1) is 19.0. The Kier molecular flexibility index (Phi) is 5.56. The van der Waals surface area contributed by atoms with E-state index in [-0.39, 0.29) is 12.5 Å². The summed E-state index contributed by atoms with van der Waals surface area (Å²) in [7, 11) is 3.27. The molecule has 0 aliphatic rings. The van der Waals surface area contributed by atoms with Gasteiger partial charge in [0.1, 0.15) is 0 Å². The van der Waals surface area contributed by atoms with Crippen molar-refractivity contribution in [2.75, 3.05) is 20.7 Å². The van der Waals surface area contributed by atoms with Crippen molar-refractivity contribution in [2.24, 2.45) is 0 Å². The smallest absolute Gasteiger partial charge is 0.317 e. The van der Waals surface area contributed by atoms with E-state index < -0.39 is 11.4 Å². The zero-order valence-corrected chi connectivity index (χ0v) is 16.5. The first-order valence-corrected chi connectivity index (χ1v) is 9.49. The molecule has 6 heteroatoms. The van der Waals surface area contributed by atoms with E-state index >= 15 is 0 Å². The van der Waals surface area contributed by atoms with Crippen LogP contribution >= 0.6 is 11.3 Å². The Balaban J connectivity index is 1.90. The fourth-order valence-electron chi connectivity index (χ4n) is 2.81. The fourth-order valence-corrected chi connectivity index (χ4v) is 3.94. The van der Waals surface area contributed by atoms with Crippen LogP contribution in [-0.2, 0) is 26.2 Å². The molecule has 1 heterocycles. The van der Waals surface area contributed by atoms with Crippen LogP contribution in [0.4, 0.5) is 0 Å². The van der Waals surface area contributed by atoms with Gasteiger partial charge in [0, 0.05) is 20.5 Å². The minimum absolute atomic E-state index is 0.251.